The van der Waals surface area contributed by atoms with Gasteiger partial charge in [-0.25, -0.2) is 0 Å². The average Bonchev–Trinajstić information content (AvgIpc) is 2.30. The fourth-order valence-corrected chi connectivity index (χ4v) is 2.04. The van der Waals surface area contributed by atoms with E-state index >= 15 is 0 Å². The largest absolute Gasteiger partial charge is 0.398 e. The molecule has 1 unspecified atom stereocenters. The van der Waals surface area contributed by atoms with Crippen molar-refractivity contribution < 1.29 is 4.79 Å². The van der Waals surface area contributed by atoms with E-state index in [4.69, 9.17) is 5.73 Å². The fourth-order valence-electron chi connectivity index (χ4n) is 1.46. The second-order valence-corrected chi connectivity index (χ2v) is 5.21. The Bertz CT molecular complexity index is 393. The summed E-state index contributed by atoms with van der Waals surface area (Å²) in [5, 5.41) is 2.97. The second kappa shape index (κ2) is 6.55. The summed E-state index contributed by atoms with van der Waals surface area (Å²) >= 11 is 1.79. The van der Waals surface area contributed by atoms with E-state index in [0.29, 0.717) is 11.3 Å². The van der Waals surface area contributed by atoms with Gasteiger partial charge < -0.3 is 11.1 Å². The number of carbonyl (C=O) groups excluding carboxylic acids is 1. The summed E-state index contributed by atoms with van der Waals surface area (Å²) in [4.78, 5) is 11.9. The molecule has 0 bridgehead atoms. The number of nitrogens with one attached hydrogen (secondary N) is 1. The third-order valence-electron chi connectivity index (χ3n) is 2.67. The van der Waals surface area contributed by atoms with Crippen molar-refractivity contribution >= 4 is 23.4 Å². The molecule has 0 spiro atoms. The standard InChI is InChI=1S/C13H20N2OS/c1-9-4-5-11(8-12(9)14)13(16)15-10(2)6-7-17-3/h4-5,8,10H,6-7,14H2,1-3H3,(H,15,16). The first-order valence-corrected chi connectivity index (χ1v) is 7.10. The molecule has 0 radical (unpaired) electrons. The first kappa shape index (κ1) is 13.9. The fraction of sp³-hybridized carbons (Fsp3) is 0.462. The molecule has 94 valence electrons. The van der Waals surface area contributed by atoms with Gasteiger partial charge in [-0.1, -0.05) is 6.07 Å². The molecule has 0 aliphatic carbocycles. The normalized spacial score (nSPS) is 12.2. The molecule has 1 rings (SSSR count). The van der Waals surface area contributed by atoms with Crippen molar-refractivity contribution in [3.63, 3.8) is 0 Å². The molecule has 0 saturated carbocycles. The van der Waals surface area contributed by atoms with Crippen LogP contribution in [0.15, 0.2) is 18.2 Å². The van der Waals surface area contributed by atoms with Crippen molar-refractivity contribution in [2.75, 3.05) is 17.7 Å². The first-order chi connectivity index (χ1) is 8.04. The van der Waals surface area contributed by atoms with E-state index in [9.17, 15) is 4.79 Å². The summed E-state index contributed by atoms with van der Waals surface area (Å²) in [6.07, 6.45) is 3.05. The number of thioether (sulfide) groups is 1. The number of nitrogen functional groups attached to an aromatic ring is 1. The van der Waals surface area contributed by atoms with E-state index < -0.39 is 0 Å². The Morgan fingerprint density at radius 2 is 2.24 bits per heavy atom. The molecule has 0 heterocycles. The molecule has 0 aliphatic rings. The quantitative estimate of drug-likeness (QED) is 0.791. The topological polar surface area (TPSA) is 55.1 Å². The van der Waals surface area contributed by atoms with Crippen LogP contribution >= 0.6 is 11.8 Å². The Labute approximate surface area is 107 Å². The number of nitrogens with two attached hydrogens (primary N) is 1. The SMILES string of the molecule is CSCCC(C)NC(=O)c1ccc(C)c(N)c1. The molecule has 1 amide bonds. The predicted molar refractivity (Wildman–Crippen MR) is 75.5 cm³/mol. The Kier molecular flexibility index (Phi) is 5.35. The Morgan fingerprint density at radius 1 is 1.53 bits per heavy atom. The number of hydrogen-bond donors (Lipinski definition) is 2. The number of aryl methyl sites for hydroxylation is 1. The lowest BCUT2D eigenvalue weighted by Crippen LogP contribution is -2.33. The van der Waals surface area contributed by atoms with Crippen molar-refractivity contribution in [1.29, 1.82) is 0 Å². The number of rotatable bonds is 5. The molecule has 1 aromatic rings. The van der Waals surface area contributed by atoms with Crippen LogP contribution in [0.1, 0.15) is 29.3 Å². The smallest absolute Gasteiger partial charge is 0.251 e. The minimum atomic E-state index is -0.0506. The number of amides is 1. The van der Waals surface area contributed by atoms with Gasteiger partial charge in [0.05, 0.1) is 0 Å². The van der Waals surface area contributed by atoms with Gasteiger partial charge in [0.25, 0.3) is 5.91 Å². The summed E-state index contributed by atoms with van der Waals surface area (Å²) in [6.45, 7) is 3.95. The van der Waals surface area contributed by atoms with Crippen molar-refractivity contribution in [2.24, 2.45) is 0 Å². The molecule has 0 aliphatic heterocycles. The molecule has 3 nitrogen and oxygen atoms in total. The van der Waals surface area contributed by atoms with Crippen LogP contribution in [0, 0.1) is 6.92 Å². The first-order valence-electron chi connectivity index (χ1n) is 5.70. The Morgan fingerprint density at radius 3 is 2.82 bits per heavy atom. The van der Waals surface area contributed by atoms with Gasteiger partial charge in [0.2, 0.25) is 0 Å². The third kappa shape index (κ3) is 4.30. The predicted octanol–water partition coefficient (Wildman–Crippen LogP) is 2.45. The van der Waals surface area contributed by atoms with E-state index in [-0.39, 0.29) is 11.9 Å². The van der Waals surface area contributed by atoms with Crippen molar-refractivity contribution in [3.05, 3.63) is 29.3 Å². The maximum absolute atomic E-state index is 11.9. The highest BCUT2D eigenvalue weighted by Gasteiger charge is 2.10. The van der Waals surface area contributed by atoms with Crippen molar-refractivity contribution in [2.45, 2.75) is 26.3 Å². The van der Waals surface area contributed by atoms with Crippen LogP contribution in [0.25, 0.3) is 0 Å². The van der Waals surface area contributed by atoms with E-state index in [1.807, 2.05) is 26.0 Å². The van der Waals surface area contributed by atoms with Crippen LogP contribution in [0.5, 0.6) is 0 Å². The lowest BCUT2D eigenvalue weighted by atomic mass is 10.1. The number of hydrogen-bond acceptors (Lipinski definition) is 3. The van der Waals surface area contributed by atoms with Crippen LogP contribution in [0.3, 0.4) is 0 Å². The van der Waals surface area contributed by atoms with Crippen LogP contribution < -0.4 is 11.1 Å². The second-order valence-electron chi connectivity index (χ2n) is 4.23. The molecule has 0 fully saturated rings. The zero-order valence-corrected chi connectivity index (χ0v) is 11.4. The lowest BCUT2D eigenvalue weighted by Gasteiger charge is -2.13. The highest BCUT2D eigenvalue weighted by Crippen LogP contribution is 2.13. The zero-order valence-electron chi connectivity index (χ0n) is 10.6. The summed E-state index contributed by atoms with van der Waals surface area (Å²) < 4.78 is 0. The molecule has 1 aromatic carbocycles. The third-order valence-corrected chi connectivity index (χ3v) is 3.32. The minimum Gasteiger partial charge on any atom is -0.398 e. The van der Waals surface area contributed by atoms with Gasteiger partial charge in [-0.05, 0) is 50.0 Å². The maximum atomic E-state index is 11.9. The molecule has 0 saturated heterocycles. The van der Waals surface area contributed by atoms with Gasteiger partial charge in [0.15, 0.2) is 0 Å². The van der Waals surface area contributed by atoms with Gasteiger partial charge >= 0.3 is 0 Å². The van der Waals surface area contributed by atoms with Gasteiger partial charge in [-0.15, -0.1) is 0 Å². The van der Waals surface area contributed by atoms with Gasteiger partial charge in [-0.3, -0.25) is 4.79 Å². The molecule has 4 heteroatoms. The number of benzene rings is 1. The molecular weight excluding hydrogens is 232 g/mol. The van der Waals surface area contributed by atoms with E-state index in [2.05, 4.69) is 11.6 Å². The van der Waals surface area contributed by atoms with Gasteiger partial charge in [0, 0.05) is 17.3 Å². The highest BCUT2D eigenvalue weighted by atomic mass is 32.2. The zero-order chi connectivity index (χ0) is 12.8. The van der Waals surface area contributed by atoms with E-state index in [0.717, 1.165) is 17.7 Å². The Hall–Kier alpha value is -1.16. The molecule has 0 aromatic heterocycles. The minimum absolute atomic E-state index is 0.0506. The monoisotopic (exact) mass is 252 g/mol. The van der Waals surface area contributed by atoms with Crippen LogP contribution in [-0.2, 0) is 0 Å². The van der Waals surface area contributed by atoms with Crippen LogP contribution in [0.4, 0.5) is 5.69 Å². The Balaban J connectivity index is 2.60. The van der Waals surface area contributed by atoms with E-state index in [1.54, 1.807) is 17.8 Å². The summed E-state index contributed by atoms with van der Waals surface area (Å²) in [5.41, 5.74) is 8.07. The van der Waals surface area contributed by atoms with Crippen LogP contribution in [0.2, 0.25) is 0 Å². The summed E-state index contributed by atoms with van der Waals surface area (Å²) in [6, 6.07) is 5.60. The summed E-state index contributed by atoms with van der Waals surface area (Å²) in [5.74, 6) is 1.00. The highest BCUT2D eigenvalue weighted by molar-refractivity contribution is 7.98. The van der Waals surface area contributed by atoms with Gasteiger partial charge in [0.1, 0.15) is 0 Å². The molecule has 17 heavy (non-hydrogen) atoms. The lowest BCUT2D eigenvalue weighted by molar-refractivity contribution is 0.0939. The van der Waals surface area contributed by atoms with Crippen molar-refractivity contribution in [3.8, 4) is 0 Å². The van der Waals surface area contributed by atoms with E-state index in [1.165, 1.54) is 0 Å². The van der Waals surface area contributed by atoms with Gasteiger partial charge in [-0.2, -0.15) is 11.8 Å². The van der Waals surface area contributed by atoms with Crippen LogP contribution in [-0.4, -0.2) is 24.0 Å². The van der Waals surface area contributed by atoms with Crippen molar-refractivity contribution in [1.82, 2.24) is 5.32 Å². The molecular formula is C13H20N2OS. The molecule has 1 atom stereocenters. The average molecular weight is 252 g/mol. The summed E-state index contributed by atoms with van der Waals surface area (Å²) in [7, 11) is 0. The molecule has 3 N–H and O–H groups in total. The number of carbonyl (C=O) groups is 1. The number of anilines is 1. The maximum Gasteiger partial charge on any atom is 0.251 e.